The van der Waals surface area contributed by atoms with E-state index >= 15 is 0 Å². The fourth-order valence-electron chi connectivity index (χ4n) is 1.93. The molecule has 0 amide bonds. The van der Waals surface area contributed by atoms with Crippen LogP contribution in [-0.2, 0) is 7.05 Å². The maximum atomic E-state index is 6.10. The molecule has 1 aromatic carbocycles. The highest BCUT2D eigenvalue weighted by Crippen LogP contribution is 2.33. The first-order valence-electron chi connectivity index (χ1n) is 6.10. The number of anilines is 1. The zero-order chi connectivity index (χ0) is 14.0. The van der Waals surface area contributed by atoms with Gasteiger partial charge in [-0.1, -0.05) is 11.6 Å². The lowest BCUT2D eigenvalue weighted by Crippen LogP contribution is -2.07. The SMILES string of the molecule is COc1cc(Cl)c(C)cc1NC(C)c1cnn(C)c1. The van der Waals surface area contributed by atoms with E-state index in [0.717, 1.165) is 22.6 Å². The lowest BCUT2D eigenvalue weighted by molar-refractivity contribution is 0.416. The number of benzene rings is 1. The monoisotopic (exact) mass is 279 g/mol. The van der Waals surface area contributed by atoms with Gasteiger partial charge in [-0.15, -0.1) is 0 Å². The number of methoxy groups -OCH3 is 1. The third-order valence-corrected chi connectivity index (χ3v) is 3.48. The van der Waals surface area contributed by atoms with Crippen LogP contribution in [0.25, 0.3) is 0 Å². The van der Waals surface area contributed by atoms with Crippen LogP contribution in [0.3, 0.4) is 0 Å². The summed E-state index contributed by atoms with van der Waals surface area (Å²) in [6.45, 7) is 4.06. The third kappa shape index (κ3) is 3.01. The van der Waals surface area contributed by atoms with E-state index in [4.69, 9.17) is 16.3 Å². The van der Waals surface area contributed by atoms with Crippen LogP contribution >= 0.6 is 11.6 Å². The lowest BCUT2D eigenvalue weighted by atomic mass is 10.1. The summed E-state index contributed by atoms with van der Waals surface area (Å²) in [5, 5.41) is 8.31. The number of hydrogen-bond acceptors (Lipinski definition) is 3. The van der Waals surface area contributed by atoms with Crippen LogP contribution in [-0.4, -0.2) is 16.9 Å². The van der Waals surface area contributed by atoms with Crippen LogP contribution < -0.4 is 10.1 Å². The van der Waals surface area contributed by atoms with Crippen LogP contribution in [0.5, 0.6) is 5.75 Å². The number of rotatable bonds is 4. The number of aromatic nitrogens is 2. The Morgan fingerprint density at radius 2 is 2.16 bits per heavy atom. The Morgan fingerprint density at radius 3 is 2.74 bits per heavy atom. The van der Waals surface area contributed by atoms with Gasteiger partial charge in [-0.3, -0.25) is 4.68 Å². The molecule has 102 valence electrons. The number of nitrogens with zero attached hydrogens (tertiary/aromatic N) is 2. The molecule has 0 bridgehead atoms. The molecule has 0 aliphatic carbocycles. The predicted molar refractivity (Wildman–Crippen MR) is 78.0 cm³/mol. The van der Waals surface area contributed by atoms with Gasteiger partial charge in [0.2, 0.25) is 0 Å². The van der Waals surface area contributed by atoms with E-state index < -0.39 is 0 Å². The van der Waals surface area contributed by atoms with Gasteiger partial charge in [0.25, 0.3) is 0 Å². The van der Waals surface area contributed by atoms with Gasteiger partial charge < -0.3 is 10.1 Å². The summed E-state index contributed by atoms with van der Waals surface area (Å²) in [4.78, 5) is 0. The van der Waals surface area contributed by atoms with Crippen LogP contribution in [0.4, 0.5) is 5.69 Å². The minimum atomic E-state index is 0.142. The van der Waals surface area contributed by atoms with Crippen LogP contribution in [0.15, 0.2) is 24.5 Å². The smallest absolute Gasteiger partial charge is 0.143 e. The second-order valence-corrected chi connectivity index (χ2v) is 5.02. The number of halogens is 1. The second-order valence-electron chi connectivity index (χ2n) is 4.62. The average Bonchev–Trinajstić information content (AvgIpc) is 2.80. The molecule has 1 N–H and O–H groups in total. The molecule has 19 heavy (non-hydrogen) atoms. The number of hydrogen-bond donors (Lipinski definition) is 1. The van der Waals surface area contributed by atoms with Gasteiger partial charge in [-0.25, -0.2) is 0 Å². The van der Waals surface area contributed by atoms with Crippen molar-refractivity contribution in [2.75, 3.05) is 12.4 Å². The van der Waals surface area contributed by atoms with E-state index in [0.29, 0.717) is 5.02 Å². The van der Waals surface area contributed by atoms with E-state index in [1.165, 1.54) is 0 Å². The van der Waals surface area contributed by atoms with Gasteiger partial charge in [0.1, 0.15) is 5.75 Å². The molecule has 0 spiro atoms. The molecule has 2 rings (SSSR count). The Morgan fingerprint density at radius 1 is 1.42 bits per heavy atom. The van der Waals surface area contributed by atoms with Crippen molar-refractivity contribution in [1.82, 2.24) is 9.78 Å². The van der Waals surface area contributed by atoms with Crippen molar-refractivity contribution in [2.45, 2.75) is 19.9 Å². The highest BCUT2D eigenvalue weighted by Gasteiger charge is 2.12. The highest BCUT2D eigenvalue weighted by atomic mass is 35.5. The molecule has 0 radical (unpaired) electrons. The molecular formula is C14H18ClN3O. The maximum Gasteiger partial charge on any atom is 0.143 e. The number of nitrogens with one attached hydrogen (secondary N) is 1. The van der Waals surface area contributed by atoms with Crippen molar-refractivity contribution >= 4 is 17.3 Å². The van der Waals surface area contributed by atoms with Gasteiger partial charge in [0.15, 0.2) is 0 Å². The summed E-state index contributed by atoms with van der Waals surface area (Å²) >= 11 is 6.10. The van der Waals surface area contributed by atoms with Gasteiger partial charge in [0.05, 0.1) is 25.0 Å². The summed E-state index contributed by atoms with van der Waals surface area (Å²) in [7, 11) is 3.55. The minimum absolute atomic E-state index is 0.142. The Labute approximate surface area is 118 Å². The molecule has 1 unspecified atom stereocenters. The molecule has 4 nitrogen and oxygen atoms in total. The number of ether oxygens (including phenoxy) is 1. The fourth-order valence-corrected chi connectivity index (χ4v) is 2.08. The first-order valence-corrected chi connectivity index (χ1v) is 6.48. The van der Waals surface area contributed by atoms with Crippen molar-refractivity contribution in [3.63, 3.8) is 0 Å². The number of aryl methyl sites for hydroxylation is 2. The van der Waals surface area contributed by atoms with Crippen LogP contribution in [0.1, 0.15) is 24.1 Å². The molecule has 2 aromatic rings. The van der Waals surface area contributed by atoms with E-state index in [1.807, 2.05) is 38.5 Å². The Kier molecular flexibility index (Phi) is 4.00. The average molecular weight is 280 g/mol. The van der Waals surface area contributed by atoms with Crippen LogP contribution in [0, 0.1) is 6.92 Å². The molecule has 5 heteroatoms. The highest BCUT2D eigenvalue weighted by molar-refractivity contribution is 6.31. The summed E-state index contributed by atoms with van der Waals surface area (Å²) < 4.78 is 7.14. The zero-order valence-corrected chi connectivity index (χ0v) is 12.3. The molecular weight excluding hydrogens is 262 g/mol. The second kappa shape index (κ2) is 5.53. The molecule has 0 fully saturated rings. The van der Waals surface area contributed by atoms with Crippen molar-refractivity contribution in [2.24, 2.45) is 7.05 Å². The first-order chi connectivity index (χ1) is 9.01. The topological polar surface area (TPSA) is 39.1 Å². The van der Waals surface area contributed by atoms with E-state index in [1.54, 1.807) is 11.8 Å². The molecule has 1 aromatic heterocycles. The van der Waals surface area contributed by atoms with Crippen molar-refractivity contribution < 1.29 is 4.74 Å². The zero-order valence-electron chi connectivity index (χ0n) is 11.6. The minimum Gasteiger partial charge on any atom is -0.495 e. The first kappa shape index (κ1) is 13.7. The Bertz CT molecular complexity index is 580. The summed E-state index contributed by atoms with van der Waals surface area (Å²) in [6, 6.07) is 3.96. The predicted octanol–water partition coefficient (Wildman–Crippen LogP) is 3.56. The molecule has 1 atom stereocenters. The lowest BCUT2D eigenvalue weighted by Gasteiger charge is -2.17. The van der Waals surface area contributed by atoms with E-state index in [-0.39, 0.29) is 6.04 Å². The van der Waals surface area contributed by atoms with Gasteiger partial charge >= 0.3 is 0 Å². The molecule has 0 aliphatic rings. The fraction of sp³-hybridized carbons (Fsp3) is 0.357. The van der Waals surface area contributed by atoms with E-state index in [2.05, 4.69) is 17.3 Å². The normalized spacial score (nSPS) is 12.3. The molecule has 0 aliphatic heterocycles. The standard InChI is InChI=1S/C14H18ClN3O/c1-9-5-13(14(19-4)6-12(9)15)17-10(2)11-7-16-18(3)8-11/h5-8,10,17H,1-4H3. The van der Waals surface area contributed by atoms with Crippen molar-refractivity contribution in [3.05, 3.63) is 40.7 Å². The van der Waals surface area contributed by atoms with Gasteiger partial charge in [0, 0.05) is 29.9 Å². The largest absolute Gasteiger partial charge is 0.495 e. The molecule has 1 heterocycles. The van der Waals surface area contributed by atoms with Crippen LogP contribution in [0.2, 0.25) is 5.02 Å². The Hall–Kier alpha value is -1.68. The van der Waals surface area contributed by atoms with Crippen molar-refractivity contribution in [1.29, 1.82) is 0 Å². The molecule has 0 saturated heterocycles. The van der Waals surface area contributed by atoms with Crippen molar-refractivity contribution in [3.8, 4) is 5.75 Å². The summed E-state index contributed by atoms with van der Waals surface area (Å²) in [5.41, 5.74) is 3.07. The quantitative estimate of drug-likeness (QED) is 0.930. The third-order valence-electron chi connectivity index (χ3n) is 3.08. The summed E-state index contributed by atoms with van der Waals surface area (Å²) in [6.07, 6.45) is 3.85. The summed E-state index contributed by atoms with van der Waals surface area (Å²) in [5.74, 6) is 0.742. The van der Waals surface area contributed by atoms with Gasteiger partial charge in [-0.2, -0.15) is 5.10 Å². The van der Waals surface area contributed by atoms with E-state index in [9.17, 15) is 0 Å². The Balaban J connectivity index is 2.25. The maximum absolute atomic E-state index is 6.10. The molecule has 0 saturated carbocycles. The van der Waals surface area contributed by atoms with Gasteiger partial charge in [-0.05, 0) is 25.5 Å².